The molecule has 3 rings (SSSR count). The first kappa shape index (κ1) is 21.6. The van der Waals surface area contributed by atoms with Crippen LogP contribution in [0.1, 0.15) is 31.7 Å². The number of nitrogens with zero attached hydrogens (tertiary/aromatic N) is 4. The lowest BCUT2D eigenvalue weighted by atomic mass is 10.1. The highest BCUT2D eigenvalue weighted by molar-refractivity contribution is 5.86. The maximum Gasteiger partial charge on any atom is 0.309 e. The van der Waals surface area contributed by atoms with Gasteiger partial charge in [-0.2, -0.15) is 0 Å². The lowest BCUT2D eigenvalue weighted by Crippen LogP contribution is -2.35. The van der Waals surface area contributed by atoms with Crippen LogP contribution >= 0.6 is 0 Å². The van der Waals surface area contributed by atoms with Crippen LogP contribution in [0.5, 0.6) is 0 Å². The summed E-state index contributed by atoms with van der Waals surface area (Å²) in [6.07, 6.45) is 4.77. The quantitative estimate of drug-likeness (QED) is 0.401. The van der Waals surface area contributed by atoms with Gasteiger partial charge in [-0.05, 0) is 6.92 Å². The molecular formula is C21H25FN4O4. The molecule has 0 aliphatic carbocycles. The van der Waals surface area contributed by atoms with Gasteiger partial charge in [0.05, 0.1) is 25.3 Å². The fraction of sp³-hybridized carbons (Fsp3) is 0.429. The smallest absolute Gasteiger partial charge is 0.309 e. The number of aliphatic hydroxyl groups is 1. The van der Waals surface area contributed by atoms with E-state index in [1.165, 1.54) is 0 Å². The molecule has 0 atom stereocenters. The van der Waals surface area contributed by atoms with Gasteiger partial charge in [0.25, 0.3) is 0 Å². The van der Waals surface area contributed by atoms with Crippen molar-refractivity contribution in [2.45, 2.75) is 32.8 Å². The monoisotopic (exact) mass is 416 g/mol. The predicted molar refractivity (Wildman–Crippen MR) is 109 cm³/mol. The Balaban J connectivity index is 1.53. The fourth-order valence-corrected chi connectivity index (χ4v) is 3.10. The maximum absolute atomic E-state index is 14.4. The van der Waals surface area contributed by atoms with Gasteiger partial charge in [0.2, 0.25) is 5.95 Å². The van der Waals surface area contributed by atoms with Gasteiger partial charge in [-0.3, -0.25) is 4.79 Å². The summed E-state index contributed by atoms with van der Waals surface area (Å²) in [4.78, 5) is 27.2. The van der Waals surface area contributed by atoms with Crippen molar-refractivity contribution in [3.05, 3.63) is 42.0 Å². The van der Waals surface area contributed by atoms with E-state index >= 15 is 0 Å². The molecule has 0 spiro atoms. The molecule has 160 valence electrons. The molecule has 2 heterocycles. The first-order valence-electron chi connectivity index (χ1n) is 9.91. The molecule has 0 saturated carbocycles. The number of carbonyl (C=O) groups is 1. The molecule has 30 heavy (non-hydrogen) atoms. The first-order valence-corrected chi connectivity index (χ1v) is 9.91. The zero-order valence-corrected chi connectivity index (χ0v) is 16.9. The van der Waals surface area contributed by atoms with Crippen LogP contribution in [0.2, 0.25) is 0 Å². The Labute approximate surface area is 174 Å². The minimum atomic E-state index is -0.460. The summed E-state index contributed by atoms with van der Waals surface area (Å²) in [5, 5.41) is 13.3. The van der Waals surface area contributed by atoms with E-state index in [1.807, 2.05) is 4.90 Å². The topological polar surface area (TPSA) is 97.1 Å². The van der Waals surface area contributed by atoms with Crippen LogP contribution in [-0.2, 0) is 21.0 Å². The number of carbonyl (C=O) groups excluding carboxylic acids is 1. The van der Waals surface area contributed by atoms with Gasteiger partial charge < -0.3 is 19.6 Å². The minimum absolute atomic E-state index is 0.179. The van der Waals surface area contributed by atoms with E-state index in [2.05, 4.69) is 15.1 Å². The summed E-state index contributed by atoms with van der Waals surface area (Å²) in [5.74, 6) is -0.186. The van der Waals surface area contributed by atoms with Crippen molar-refractivity contribution < 1.29 is 23.9 Å². The van der Waals surface area contributed by atoms with Crippen molar-refractivity contribution >= 4 is 17.6 Å². The van der Waals surface area contributed by atoms with Crippen LogP contribution in [0.3, 0.4) is 0 Å². The number of piperidine rings is 1. The number of esters is 1. The summed E-state index contributed by atoms with van der Waals surface area (Å²) in [6, 6.07) is 4.87. The number of rotatable bonds is 8. The van der Waals surface area contributed by atoms with Crippen LogP contribution in [0.25, 0.3) is 11.1 Å². The Bertz CT molecular complexity index is 879. The van der Waals surface area contributed by atoms with Crippen molar-refractivity contribution in [1.82, 2.24) is 9.97 Å². The Morgan fingerprint density at radius 2 is 2.00 bits per heavy atom. The van der Waals surface area contributed by atoms with E-state index < -0.39 is 5.82 Å². The molecule has 1 aliphatic heterocycles. The molecule has 2 aromatic rings. The number of aromatic nitrogens is 2. The number of anilines is 1. The van der Waals surface area contributed by atoms with E-state index in [9.17, 15) is 14.3 Å². The summed E-state index contributed by atoms with van der Waals surface area (Å²) >= 11 is 0. The molecule has 9 heteroatoms. The zero-order chi connectivity index (χ0) is 21.3. The molecule has 0 amide bonds. The number of benzene rings is 1. The number of aliphatic hydroxyl groups excluding tert-OH is 1. The molecular weight excluding hydrogens is 391 g/mol. The van der Waals surface area contributed by atoms with E-state index in [0.29, 0.717) is 49.6 Å². The Kier molecular flexibility index (Phi) is 7.67. The van der Waals surface area contributed by atoms with Gasteiger partial charge in [0.1, 0.15) is 12.4 Å². The standard InChI is InChI=1S/C21H25FN4O4/c1-2-29-19(28)8-11-30-25-17-6-9-26(10-7-17)21-23-12-16(13-24-21)18-5-3-4-15(14-27)20(18)22/h3-5,12-13,27H,2,6-11,14H2,1H3. The van der Waals surface area contributed by atoms with Crippen LogP contribution in [0.15, 0.2) is 35.7 Å². The van der Waals surface area contributed by atoms with E-state index in [1.54, 1.807) is 37.5 Å². The third-order valence-electron chi connectivity index (χ3n) is 4.72. The van der Waals surface area contributed by atoms with E-state index in [-0.39, 0.29) is 31.2 Å². The van der Waals surface area contributed by atoms with Crippen molar-refractivity contribution in [3.8, 4) is 11.1 Å². The van der Waals surface area contributed by atoms with Gasteiger partial charge >= 0.3 is 5.97 Å². The Hall–Kier alpha value is -3.07. The lowest BCUT2D eigenvalue weighted by Gasteiger charge is -2.27. The van der Waals surface area contributed by atoms with Crippen LogP contribution in [0, 0.1) is 5.82 Å². The second-order valence-corrected chi connectivity index (χ2v) is 6.74. The van der Waals surface area contributed by atoms with E-state index in [0.717, 1.165) is 5.71 Å². The number of hydrogen-bond donors (Lipinski definition) is 1. The van der Waals surface area contributed by atoms with Gasteiger partial charge in [0.15, 0.2) is 0 Å². The van der Waals surface area contributed by atoms with Gasteiger partial charge in [-0.25, -0.2) is 14.4 Å². The Morgan fingerprint density at radius 1 is 1.27 bits per heavy atom. The second kappa shape index (κ2) is 10.6. The number of hydrogen-bond acceptors (Lipinski definition) is 8. The Morgan fingerprint density at radius 3 is 2.67 bits per heavy atom. The summed E-state index contributed by atoms with van der Waals surface area (Å²) in [7, 11) is 0. The average Bonchev–Trinajstić information content (AvgIpc) is 2.78. The SMILES string of the molecule is CCOC(=O)CCON=C1CCN(c2ncc(-c3cccc(CO)c3F)cn2)CC1. The van der Waals surface area contributed by atoms with Gasteiger partial charge in [0, 0.05) is 55.0 Å². The molecule has 8 nitrogen and oxygen atoms in total. The highest BCUT2D eigenvalue weighted by Gasteiger charge is 2.18. The third kappa shape index (κ3) is 5.50. The summed E-state index contributed by atoms with van der Waals surface area (Å²) < 4.78 is 19.2. The summed E-state index contributed by atoms with van der Waals surface area (Å²) in [5.41, 5.74) is 2.08. The minimum Gasteiger partial charge on any atom is -0.466 e. The zero-order valence-electron chi connectivity index (χ0n) is 16.9. The molecule has 1 N–H and O–H groups in total. The average molecular weight is 416 g/mol. The number of ether oxygens (including phenoxy) is 1. The molecule has 1 fully saturated rings. The van der Waals surface area contributed by atoms with Crippen molar-refractivity contribution in [1.29, 1.82) is 0 Å². The second-order valence-electron chi connectivity index (χ2n) is 6.74. The van der Waals surface area contributed by atoms with Crippen molar-refractivity contribution in [2.24, 2.45) is 5.16 Å². The largest absolute Gasteiger partial charge is 0.466 e. The molecule has 1 aromatic carbocycles. The van der Waals surface area contributed by atoms with Gasteiger partial charge in [-0.1, -0.05) is 23.4 Å². The number of oxime groups is 1. The highest BCUT2D eigenvalue weighted by atomic mass is 19.1. The van der Waals surface area contributed by atoms with E-state index in [4.69, 9.17) is 9.57 Å². The fourth-order valence-electron chi connectivity index (χ4n) is 3.10. The molecule has 0 unspecified atom stereocenters. The normalized spacial score (nSPS) is 13.8. The van der Waals surface area contributed by atoms with Crippen LogP contribution < -0.4 is 4.90 Å². The summed E-state index contributed by atoms with van der Waals surface area (Å²) in [6.45, 7) is 3.34. The molecule has 0 bridgehead atoms. The highest BCUT2D eigenvalue weighted by Crippen LogP contribution is 2.25. The van der Waals surface area contributed by atoms with Crippen LogP contribution in [0.4, 0.5) is 10.3 Å². The molecule has 1 aromatic heterocycles. The van der Waals surface area contributed by atoms with Gasteiger partial charge in [-0.15, -0.1) is 0 Å². The van der Waals surface area contributed by atoms with Crippen molar-refractivity contribution in [2.75, 3.05) is 31.2 Å². The van der Waals surface area contributed by atoms with Crippen molar-refractivity contribution in [3.63, 3.8) is 0 Å². The molecule has 1 saturated heterocycles. The maximum atomic E-state index is 14.4. The molecule has 0 radical (unpaired) electrons. The predicted octanol–water partition coefficient (Wildman–Crippen LogP) is 2.70. The number of halogens is 1. The lowest BCUT2D eigenvalue weighted by molar-refractivity contribution is -0.144. The first-order chi connectivity index (χ1) is 14.6. The molecule has 1 aliphatic rings. The van der Waals surface area contributed by atoms with Crippen LogP contribution in [-0.4, -0.2) is 53.1 Å². The third-order valence-corrected chi connectivity index (χ3v) is 4.72.